The number of anilines is 3. The van der Waals surface area contributed by atoms with Crippen molar-refractivity contribution in [3.63, 3.8) is 0 Å². The van der Waals surface area contributed by atoms with Gasteiger partial charge in [0.2, 0.25) is 0 Å². The summed E-state index contributed by atoms with van der Waals surface area (Å²) in [6, 6.07) is 23.4. The number of fused-ring (bicyclic) bond motifs is 6. The van der Waals surface area contributed by atoms with Gasteiger partial charge in [-0.2, -0.15) is 13.2 Å². The molecule has 0 amide bonds. The zero-order valence-electron chi connectivity index (χ0n) is 21.3. The third kappa shape index (κ3) is 3.81. The number of ether oxygens (including phenoxy) is 2. The summed E-state index contributed by atoms with van der Waals surface area (Å²) in [7, 11) is 0. The SMILES string of the molecule is CCN(CC)c1c(Nc2cccc(C(F)(F)F)c2)ccc2c1C1(OC(=O)c3ccccc31)c1ccccc1O2. The molecule has 1 atom stereocenters. The van der Waals surface area contributed by atoms with E-state index in [2.05, 4.69) is 10.2 Å². The van der Waals surface area contributed by atoms with Gasteiger partial charge in [-0.25, -0.2) is 4.79 Å². The molecule has 0 bridgehead atoms. The third-order valence-electron chi connectivity index (χ3n) is 7.30. The number of nitrogens with zero attached hydrogens (tertiary/aromatic N) is 1. The van der Waals surface area contributed by atoms with Gasteiger partial charge in [0, 0.05) is 29.9 Å². The van der Waals surface area contributed by atoms with Crippen molar-refractivity contribution in [2.75, 3.05) is 23.3 Å². The number of esters is 1. The number of hydrogen-bond acceptors (Lipinski definition) is 5. The molecule has 6 rings (SSSR count). The highest BCUT2D eigenvalue weighted by Crippen LogP contribution is 2.60. The van der Waals surface area contributed by atoms with Crippen LogP contribution in [0.2, 0.25) is 0 Å². The van der Waals surface area contributed by atoms with Crippen LogP contribution in [-0.4, -0.2) is 19.1 Å². The Morgan fingerprint density at radius 3 is 2.31 bits per heavy atom. The topological polar surface area (TPSA) is 50.8 Å². The van der Waals surface area contributed by atoms with E-state index in [1.165, 1.54) is 6.07 Å². The Morgan fingerprint density at radius 1 is 0.846 bits per heavy atom. The van der Waals surface area contributed by atoms with Crippen molar-refractivity contribution in [1.29, 1.82) is 0 Å². The summed E-state index contributed by atoms with van der Waals surface area (Å²) in [5.41, 5.74) is 1.95. The number of rotatable bonds is 5. The molecule has 8 heteroatoms. The molecule has 198 valence electrons. The number of carbonyl (C=O) groups is 1. The van der Waals surface area contributed by atoms with Gasteiger partial charge in [-0.3, -0.25) is 0 Å². The fraction of sp³-hybridized carbons (Fsp3) is 0.194. The lowest BCUT2D eigenvalue weighted by molar-refractivity contribution is -0.137. The van der Waals surface area contributed by atoms with Crippen molar-refractivity contribution in [1.82, 2.24) is 0 Å². The van der Waals surface area contributed by atoms with Crippen LogP contribution in [0.3, 0.4) is 0 Å². The van der Waals surface area contributed by atoms with Gasteiger partial charge in [0.15, 0.2) is 5.60 Å². The first-order chi connectivity index (χ1) is 18.8. The lowest BCUT2D eigenvalue weighted by Crippen LogP contribution is -2.36. The first kappa shape index (κ1) is 24.9. The molecule has 4 aromatic rings. The zero-order valence-corrected chi connectivity index (χ0v) is 21.3. The van der Waals surface area contributed by atoms with E-state index in [0.717, 1.165) is 12.1 Å². The van der Waals surface area contributed by atoms with E-state index in [4.69, 9.17) is 9.47 Å². The molecule has 39 heavy (non-hydrogen) atoms. The van der Waals surface area contributed by atoms with E-state index in [1.807, 2.05) is 50.2 Å². The summed E-state index contributed by atoms with van der Waals surface area (Å²) < 4.78 is 53.1. The second-order valence-corrected chi connectivity index (χ2v) is 9.43. The van der Waals surface area contributed by atoms with Crippen LogP contribution in [0.4, 0.5) is 30.2 Å². The van der Waals surface area contributed by atoms with Gasteiger partial charge in [-0.15, -0.1) is 0 Å². The van der Waals surface area contributed by atoms with Crippen LogP contribution < -0.4 is 15.0 Å². The summed E-state index contributed by atoms with van der Waals surface area (Å²) in [5, 5.41) is 3.21. The number of carbonyl (C=O) groups excluding carboxylic acids is 1. The van der Waals surface area contributed by atoms with Crippen LogP contribution in [0.5, 0.6) is 11.5 Å². The second-order valence-electron chi connectivity index (χ2n) is 9.43. The Bertz CT molecular complexity index is 1600. The first-order valence-electron chi connectivity index (χ1n) is 12.7. The summed E-state index contributed by atoms with van der Waals surface area (Å²) in [6.07, 6.45) is -4.47. The third-order valence-corrected chi connectivity index (χ3v) is 7.30. The Labute approximate surface area is 223 Å². The Morgan fingerprint density at radius 2 is 1.56 bits per heavy atom. The van der Waals surface area contributed by atoms with E-state index in [0.29, 0.717) is 58.2 Å². The molecular formula is C31H25F3N2O3. The van der Waals surface area contributed by atoms with E-state index < -0.39 is 23.3 Å². The molecule has 0 saturated carbocycles. The summed E-state index contributed by atoms with van der Waals surface area (Å²) in [6.45, 7) is 5.18. The van der Waals surface area contributed by atoms with Crippen LogP contribution in [0, 0.1) is 0 Å². The number of benzene rings is 4. The smallest absolute Gasteiger partial charge is 0.416 e. The van der Waals surface area contributed by atoms with Gasteiger partial charge in [0.1, 0.15) is 11.5 Å². The van der Waals surface area contributed by atoms with E-state index in [9.17, 15) is 18.0 Å². The van der Waals surface area contributed by atoms with Gasteiger partial charge < -0.3 is 19.7 Å². The fourth-order valence-electron chi connectivity index (χ4n) is 5.60. The Balaban J connectivity index is 1.64. The zero-order chi connectivity index (χ0) is 27.4. The molecule has 0 saturated heterocycles. The lowest BCUT2D eigenvalue weighted by Gasteiger charge is -2.40. The van der Waals surface area contributed by atoms with E-state index in [1.54, 1.807) is 30.3 Å². The number of halogens is 3. The molecule has 0 radical (unpaired) electrons. The highest BCUT2D eigenvalue weighted by molar-refractivity contribution is 5.98. The van der Waals surface area contributed by atoms with Crippen LogP contribution in [0.1, 0.15) is 46.5 Å². The van der Waals surface area contributed by atoms with Gasteiger partial charge in [0.05, 0.1) is 28.1 Å². The van der Waals surface area contributed by atoms with Crippen molar-refractivity contribution in [3.8, 4) is 11.5 Å². The maximum Gasteiger partial charge on any atom is 0.416 e. The van der Waals surface area contributed by atoms with Crippen molar-refractivity contribution in [2.45, 2.75) is 25.6 Å². The minimum atomic E-state index is -4.47. The molecule has 1 N–H and O–H groups in total. The van der Waals surface area contributed by atoms with Crippen molar-refractivity contribution in [2.24, 2.45) is 0 Å². The van der Waals surface area contributed by atoms with Crippen molar-refractivity contribution >= 4 is 23.0 Å². The molecular weight excluding hydrogens is 505 g/mol. The number of hydrogen-bond donors (Lipinski definition) is 1. The quantitative estimate of drug-likeness (QED) is 0.266. The van der Waals surface area contributed by atoms with Gasteiger partial charge in [-0.1, -0.05) is 42.5 Å². The van der Waals surface area contributed by atoms with E-state index >= 15 is 0 Å². The summed E-state index contributed by atoms with van der Waals surface area (Å²) in [4.78, 5) is 15.4. The minimum Gasteiger partial charge on any atom is -0.456 e. The molecule has 2 heterocycles. The molecule has 1 unspecified atom stereocenters. The average molecular weight is 531 g/mol. The van der Waals surface area contributed by atoms with Gasteiger partial charge >= 0.3 is 12.1 Å². The monoisotopic (exact) mass is 530 g/mol. The molecule has 0 aliphatic carbocycles. The first-order valence-corrected chi connectivity index (χ1v) is 12.7. The largest absolute Gasteiger partial charge is 0.456 e. The summed E-state index contributed by atoms with van der Waals surface area (Å²) >= 11 is 0. The Kier molecular flexibility index (Phi) is 5.79. The molecule has 4 aromatic carbocycles. The maximum absolute atomic E-state index is 13.5. The fourth-order valence-corrected chi connectivity index (χ4v) is 5.60. The predicted octanol–water partition coefficient (Wildman–Crippen LogP) is 7.86. The van der Waals surface area contributed by atoms with Crippen molar-refractivity contribution < 1.29 is 27.4 Å². The molecule has 2 aliphatic heterocycles. The molecule has 1 spiro atoms. The normalized spacial score (nSPS) is 17.1. The summed E-state index contributed by atoms with van der Waals surface area (Å²) in [5.74, 6) is 0.628. The van der Waals surface area contributed by atoms with Crippen LogP contribution in [-0.2, 0) is 16.5 Å². The number of nitrogens with one attached hydrogen (secondary N) is 1. The second kappa shape index (κ2) is 9.08. The van der Waals surface area contributed by atoms with Gasteiger partial charge in [-0.05, 0) is 56.3 Å². The van der Waals surface area contributed by atoms with Crippen LogP contribution >= 0.6 is 0 Å². The number of para-hydroxylation sites is 1. The van der Waals surface area contributed by atoms with Crippen molar-refractivity contribution in [3.05, 3.63) is 113 Å². The highest BCUT2D eigenvalue weighted by Gasteiger charge is 2.55. The maximum atomic E-state index is 13.5. The van der Waals surface area contributed by atoms with E-state index in [-0.39, 0.29) is 5.69 Å². The molecule has 0 aromatic heterocycles. The highest BCUT2D eigenvalue weighted by atomic mass is 19.4. The Hall–Kier alpha value is -4.46. The minimum absolute atomic E-state index is 0.285. The molecule has 5 nitrogen and oxygen atoms in total. The molecule has 2 aliphatic rings. The van der Waals surface area contributed by atoms with Gasteiger partial charge in [0.25, 0.3) is 0 Å². The van der Waals surface area contributed by atoms with Crippen LogP contribution in [0.15, 0.2) is 84.9 Å². The molecule has 0 fully saturated rings. The predicted molar refractivity (Wildman–Crippen MR) is 143 cm³/mol. The van der Waals surface area contributed by atoms with Crippen LogP contribution in [0.25, 0.3) is 0 Å². The average Bonchev–Trinajstić information content (AvgIpc) is 3.23. The lowest BCUT2D eigenvalue weighted by atomic mass is 9.76. The number of alkyl halides is 3. The standard InChI is InChI=1S/C31H25F3N2O3/c1-3-36(4-2)28-24(35-20-11-9-10-19(18-20)31(32,33)34)16-17-26-27(28)30(23-14-7-8-15-25(23)38-26)22-13-6-5-12-21(22)29(37)39-30/h5-18,35H,3-4H2,1-2H3.